The number of hydrogen-bond donors (Lipinski definition) is 0. The van der Waals surface area contributed by atoms with Gasteiger partial charge in [-0.05, 0) is 19.8 Å². The highest BCUT2D eigenvalue weighted by atomic mass is 35.5. The lowest BCUT2D eigenvalue weighted by molar-refractivity contribution is 0.0706. The second-order valence-corrected chi connectivity index (χ2v) is 6.72. The van der Waals surface area contributed by atoms with Crippen molar-refractivity contribution in [3.8, 4) is 0 Å². The first-order valence-corrected chi connectivity index (χ1v) is 9.09. The van der Waals surface area contributed by atoms with Gasteiger partial charge in [-0.25, -0.2) is 4.98 Å². The molecule has 1 aromatic rings. The lowest BCUT2D eigenvalue weighted by Crippen LogP contribution is -2.50. The third-order valence-electron chi connectivity index (χ3n) is 4.38. The first-order chi connectivity index (χ1) is 9.69. The molecule has 0 bridgehead atoms. The van der Waals surface area contributed by atoms with Crippen molar-refractivity contribution in [2.24, 2.45) is 0 Å². The SMILES string of the molecule is CCC(C)N1CCN(C(CC)c2nc(CCl)cs2)CC1. The number of aromatic nitrogens is 1. The highest BCUT2D eigenvalue weighted by molar-refractivity contribution is 7.09. The lowest BCUT2D eigenvalue weighted by atomic mass is 10.1. The van der Waals surface area contributed by atoms with Gasteiger partial charge in [-0.15, -0.1) is 22.9 Å². The van der Waals surface area contributed by atoms with E-state index in [2.05, 4.69) is 40.9 Å². The van der Waals surface area contributed by atoms with Gasteiger partial charge in [-0.1, -0.05) is 13.8 Å². The number of halogens is 1. The van der Waals surface area contributed by atoms with Crippen LogP contribution >= 0.6 is 22.9 Å². The minimum Gasteiger partial charge on any atom is -0.298 e. The Bertz CT molecular complexity index is 402. The molecular weight excluding hydrogens is 290 g/mol. The fourth-order valence-corrected chi connectivity index (χ4v) is 4.14. The molecule has 1 saturated heterocycles. The van der Waals surface area contributed by atoms with E-state index >= 15 is 0 Å². The van der Waals surface area contributed by atoms with Crippen LogP contribution in [0.25, 0.3) is 0 Å². The minimum absolute atomic E-state index is 0.469. The average Bonchev–Trinajstić information content (AvgIpc) is 2.96. The number of thiazole rings is 1. The number of alkyl halides is 1. The molecule has 0 radical (unpaired) electrons. The summed E-state index contributed by atoms with van der Waals surface area (Å²) in [7, 11) is 0. The van der Waals surface area contributed by atoms with Gasteiger partial charge in [0, 0.05) is 37.6 Å². The Hall–Kier alpha value is -0.160. The normalized spacial score (nSPS) is 21.0. The van der Waals surface area contributed by atoms with Crippen molar-refractivity contribution in [3.05, 3.63) is 16.1 Å². The molecule has 0 aliphatic carbocycles. The topological polar surface area (TPSA) is 19.4 Å². The summed E-state index contributed by atoms with van der Waals surface area (Å²) in [5.74, 6) is 0.523. The quantitative estimate of drug-likeness (QED) is 0.745. The molecular formula is C15H26ClN3S. The lowest BCUT2D eigenvalue weighted by Gasteiger charge is -2.40. The average molecular weight is 316 g/mol. The summed E-state index contributed by atoms with van der Waals surface area (Å²) in [5.41, 5.74) is 1.02. The maximum absolute atomic E-state index is 5.87. The zero-order valence-corrected chi connectivity index (χ0v) is 14.4. The van der Waals surface area contributed by atoms with E-state index in [1.165, 1.54) is 24.5 Å². The van der Waals surface area contributed by atoms with Gasteiger partial charge in [0.2, 0.25) is 0 Å². The van der Waals surface area contributed by atoms with Crippen LogP contribution in [0.5, 0.6) is 0 Å². The summed E-state index contributed by atoms with van der Waals surface area (Å²) in [6, 6.07) is 1.18. The second kappa shape index (κ2) is 7.74. The monoisotopic (exact) mass is 315 g/mol. The van der Waals surface area contributed by atoms with Crippen LogP contribution in [-0.2, 0) is 5.88 Å². The fraction of sp³-hybridized carbons (Fsp3) is 0.800. The maximum atomic E-state index is 5.87. The predicted molar refractivity (Wildman–Crippen MR) is 87.6 cm³/mol. The van der Waals surface area contributed by atoms with Crippen molar-refractivity contribution >= 4 is 22.9 Å². The molecule has 1 aliphatic rings. The van der Waals surface area contributed by atoms with Gasteiger partial charge in [0.25, 0.3) is 0 Å². The Morgan fingerprint density at radius 1 is 1.20 bits per heavy atom. The van der Waals surface area contributed by atoms with Crippen LogP contribution in [0.2, 0.25) is 0 Å². The standard InChI is InChI=1S/C15H26ClN3S/c1-4-12(3)18-6-8-19(9-7-18)14(5-2)15-17-13(10-16)11-20-15/h11-12,14H,4-10H2,1-3H3. The zero-order valence-electron chi connectivity index (χ0n) is 12.8. The van der Waals surface area contributed by atoms with Crippen molar-refractivity contribution in [2.75, 3.05) is 26.2 Å². The molecule has 2 rings (SSSR count). The number of nitrogens with zero attached hydrogens (tertiary/aromatic N) is 3. The van der Waals surface area contributed by atoms with Gasteiger partial charge < -0.3 is 0 Å². The molecule has 0 saturated carbocycles. The number of piperazine rings is 1. The van der Waals surface area contributed by atoms with Crippen molar-refractivity contribution in [2.45, 2.75) is 51.6 Å². The molecule has 0 aromatic carbocycles. The molecule has 2 unspecified atom stereocenters. The number of hydrogen-bond acceptors (Lipinski definition) is 4. The highest BCUT2D eigenvalue weighted by Crippen LogP contribution is 2.28. The largest absolute Gasteiger partial charge is 0.298 e. The van der Waals surface area contributed by atoms with Gasteiger partial charge >= 0.3 is 0 Å². The molecule has 1 aliphatic heterocycles. The van der Waals surface area contributed by atoms with E-state index < -0.39 is 0 Å². The van der Waals surface area contributed by atoms with Crippen LogP contribution in [0.4, 0.5) is 0 Å². The van der Waals surface area contributed by atoms with E-state index in [1.807, 2.05) is 0 Å². The Morgan fingerprint density at radius 2 is 1.85 bits per heavy atom. The molecule has 3 nitrogen and oxygen atoms in total. The second-order valence-electron chi connectivity index (χ2n) is 5.56. The van der Waals surface area contributed by atoms with E-state index in [9.17, 15) is 0 Å². The Labute approximate surface area is 131 Å². The third-order valence-corrected chi connectivity index (χ3v) is 5.65. The molecule has 114 valence electrons. The molecule has 5 heteroatoms. The van der Waals surface area contributed by atoms with Crippen LogP contribution < -0.4 is 0 Å². The molecule has 1 fully saturated rings. The molecule has 0 spiro atoms. The van der Waals surface area contributed by atoms with Gasteiger partial charge in [-0.2, -0.15) is 0 Å². The van der Waals surface area contributed by atoms with Crippen molar-refractivity contribution in [3.63, 3.8) is 0 Å². The Balaban J connectivity index is 1.96. The fourth-order valence-electron chi connectivity index (χ4n) is 2.87. The van der Waals surface area contributed by atoms with Gasteiger partial charge in [0.05, 0.1) is 17.6 Å². The molecule has 1 aromatic heterocycles. The van der Waals surface area contributed by atoms with E-state index in [4.69, 9.17) is 11.6 Å². The van der Waals surface area contributed by atoms with Gasteiger partial charge in [0.15, 0.2) is 0 Å². The molecule has 0 amide bonds. The Morgan fingerprint density at radius 3 is 2.35 bits per heavy atom. The molecule has 0 N–H and O–H groups in total. The van der Waals surface area contributed by atoms with E-state index in [-0.39, 0.29) is 0 Å². The smallest absolute Gasteiger partial charge is 0.110 e. The summed E-state index contributed by atoms with van der Waals surface area (Å²) in [5, 5.41) is 3.33. The van der Waals surface area contributed by atoms with E-state index in [0.29, 0.717) is 18.0 Å². The first-order valence-electron chi connectivity index (χ1n) is 7.67. The molecule has 2 heterocycles. The van der Waals surface area contributed by atoms with Crippen molar-refractivity contribution in [1.82, 2.24) is 14.8 Å². The van der Waals surface area contributed by atoms with Crippen LogP contribution in [0.1, 0.15) is 50.4 Å². The van der Waals surface area contributed by atoms with E-state index in [1.54, 1.807) is 11.3 Å². The van der Waals surface area contributed by atoms with Crippen LogP contribution in [0.15, 0.2) is 5.38 Å². The number of rotatable bonds is 6. The van der Waals surface area contributed by atoms with Crippen molar-refractivity contribution in [1.29, 1.82) is 0 Å². The summed E-state index contributed by atoms with van der Waals surface area (Å²) in [6.07, 6.45) is 2.36. The van der Waals surface area contributed by atoms with Crippen LogP contribution in [0, 0.1) is 0 Å². The van der Waals surface area contributed by atoms with Crippen LogP contribution in [0.3, 0.4) is 0 Å². The van der Waals surface area contributed by atoms with Crippen molar-refractivity contribution < 1.29 is 0 Å². The summed E-state index contributed by atoms with van der Waals surface area (Å²) < 4.78 is 0. The summed E-state index contributed by atoms with van der Waals surface area (Å²) in [4.78, 5) is 9.88. The maximum Gasteiger partial charge on any atom is 0.110 e. The molecule has 2 atom stereocenters. The van der Waals surface area contributed by atoms with Gasteiger partial charge in [-0.3, -0.25) is 9.80 Å². The predicted octanol–water partition coefficient (Wildman–Crippen LogP) is 3.75. The Kier molecular flexibility index (Phi) is 6.27. The van der Waals surface area contributed by atoms with Crippen LogP contribution in [-0.4, -0.2) is 47.0 Å². The first kappa shape index (κ1) is 16.2. The highest BCUT2D eigenvalue weighted by Gasteiger charge is 2.27. The van der Waals surface area contributed by atoms with Gasteiger partial charge in [0.1, 0.15) is 5.01 Å². The van der Waals surface area contributed by atoms with E-state index in [0.717, 1.165) is 25.2 Å². The summed E-state index contributed by atoms with van der Waals surface area (Å²) in [6.45, 7) is 11.5. The minimum atomic E-state index is 0.469. The summed E-state index contributed by atoms with van der Waals surface area (Å²) >= 11 is 7.63. The third kappa shape index (κ3) is 3.73. The zero-order chi connectivity index (χ0) is 14.5. The molecule has 20 heavy (non-hydrogen) atoms.